The smallest absolute Gasteiger partial charge is 0.254 e. The van der Waals surface area contributed by atoms with Crippen molar-refractivity contribution in [2.45, 2.75) is 46.3 Å². The molecule has 0 bridgehead atoms. The van der Waals surface area contributed by atoms with Crippen LogP contribution in [0.5, 0.6) is 0 Å². The first-order chi connectivity index (χ1) is 8.58. The molecule has 0 aliphatic carbocycles. The number of hydrogen-bond acceptors (Lipinski definition) is 3. The zero-order valence-corrected chi connectivity index (χ0v) is 11.6. The maximum Gasteiger partial charge on any atom is 0.254 e. The molecule has 1 heterocycles. The van der Waals surface area contributed by atoms with Crippen molar-refractivity contribution in [1.29, 1.82) is 0 Å². The lowest BCUT2D eigenvalue weighted by Crippen LogP contribution is -2.33. The first-order valence-corrected chi connectivity index (χ1v) is 6.52. The quantitative estimate of drug-likeness (QED) is 0.808. The molecule has 0 aromatic carbocycles. The minimum atomic E-state index is -0.0972. The van der Waals surface area contributed by atoms with Crippen LogP contribution in [0.2, 0.25) is 0 Å². The second-order valence-electron chi connectivity index (χ2n) is 4.50. The van der Waals surface area contributed by atoms with Crippen molar-refractivity contribution in [1.82, 2.24) is 15.1 Å². The highest BCUT2D eigenvalue weighted by atomic mass is 16.5. The van der Waals surface area contributed by atoms with Gasteiger partial charge < -0.3 is 10.1 Å². The Kier molecular flexibility index (Phi) is 5.85. The molecule has 5 heteroatoms. The van der Waals surface area contributed by atoms with Crippen molar-refractivity contribution in [3.05, 3.63) is 18.0 Å². The third-order valence-corrected chi connectivity index (χ3v) is 2.74. The van der Waals surface area contributed by atoms with Gasteiger partial charge in [-0.15, -0.1) is 0 Å². The second kappa shape index (κ2) is 7.16. The average molecular weight is 253 g/mol. The van der Waals surface area contributed by atoms with Crippen LogP contribution in [0.1, 0.15) is 50.5 Å². The predicted molar refractivity (Wildman–Crippen MR) is 70.7 cm³/mol. The van der Waals surface area contributed by atoms with Crippen LogP contribution >= 0.6 is 0 Å². The molecule has 18 heavy (non-hydrogen) atoms. The number of amides is 1. The van der Waals surface area contributed by atoms with Gasteiger partial charge in [-0.25, -0.2) is 0 Å². The molecule has 1 aromatic heterocycles. The van der Waals surface area contributed by atoms with Gasteiger partial charge in [0.2, 0.25) is 0 Å². The molecule has 0 saturated heterocycles. The fourth-order valence-electron chi connectivity index (χ4n) is 1.60. The summed E-state index contributed by atoms with van der Waals surface area (Å²) >= 11 is 0. The normalized spacial score (nSPS) is 12.7. The van der Waals surface area contributed by atoms with E-state index in [0.29, 0.717) is 18.7 Å². The van der Waals surface area contributed by atoms with Crippen LogP contribution in [0.15, 0.2) is 12.4 Å². The van der Waals surface area contributed by atoms with Crippen molar-refractivity contribution in [2.24, 2.45) is 0 Å². The topological polar surface area (TPSA) is 56.1 Å². The van der Waals surface area contributed by atoms with Gasteiger partial charge in [-0.3, -0.25) is 9.48 Å². The Morgan fingerprint density at radius 3 is 2.72 bits per heavy atom. The highest BCUT2D eigenvalue weighted by Crippen LogP contribution is 2.05. The standard InChI is InChI=1S/C13H23N3O2/c1-5-12(18-6-2)8-14-13(17)11-7-15-16(9-11)10(3)4/h7,9-10,12H,5-6,8H2,1-4H3,(H,14,17). The van der Waals surface area contributed by atoms with Crippen LogP contribution < -0.4 is 5.32 Å². The Labute approximate surface area is 109 Å². The van der Waals surface area contributed by atoms with Gasteiger partial charge in [0.25, 0.3) is 5.91 Å². The van der Waals surface area contributed by atoms with Crippen LogP contribution in [-0.2, 0) is 4.74 Å². The highest BCUT2D eigenvalue weighted by Gasteiger charge is 2.12. The van der Waals surface area contributed by atoms with E-state index in [2.05, 4.69) is 10.4 Å². The van der Waals surface area contributed by atoms with Crippen molar-refractivity contribution in [2.75, 3.05) is 13.2 Å². The molecule has 5 nitrogen and oxygen atoms in total. The SMILES string of the molecule is CCOC(CC)CNC(=O)c1cnn(C(C)C)c1. The summed E-state index contributed by atoms with van der Waals surface area (Å²) in [4.78, 5) is 11.9. The van der Waals surface area contributed by atoms with Crippen molar-refractivity contribution in [3.8, 4) is 0 Å². The first kappa shape index (κ1) is 14.7. The van der Waals surface area contributed by atoms with E-state index < -0.39 is 0 Å². The van der Waals surface area contributed by atoms with E-state index >= 15 is 0 Å². The summed E-state index contributed by atoms with van der Waals surface area (Å²) in [7, 11) is 0. The number of hydrogen-bond donors (Lipinski definition) is 1. The molecular weight excluding hydrogens is 230 g/mol. The fourth-order valence-corrected chi connectivity index (χ4v) is 1.60. The summed E-state index contributed by atoms with van der Waals surface area (Å²) in [6.07, 6.45) is 4.33. The lowest BCUT2D eigenvalue weighted by molar-refractivity contribution is 0.0569. The van der Waals surface area contributed by atoms with Crippen molar-refractivity contribution < 1.29 is 9.53 Å². The minimum Gasteiger partial charge on any atom is -0.377 e. The van der Waals surface area contributed by atoms with E-state index in [0.717, 1.165) is 6.42 Å². The molecule has 1 amide bonds. The molecule has 0 aliphatic heterocycles. The maximum atomic E-state index is 11.9. The summed E-state index contributed by atoms with van der Waals surface area (Å²) in [5.41, 5.74) is 0.593. The van der Waals surface area contributed by atoms with E-state index in [4.69, 9.17) is 4.74 Å². The van der Waals surface area contributed by atoms with Gasteiger partial charge in [-0.2, -0.15) is 5.10 Å². The third-order valence-electron chi connectivity index (χ3n) is 2.74. The molecule has 0 spiro atoms. The van der Waals surface area contributed by atoms with Crippen LogP contribution in [0.3, 0.4) is 0 Å². The summed E-state index contributed by atoms with van der Waals surface area (Å²) < 4.78 is 7.26. The zero-order chi connectivity index (χ0) is 13.5. The van der Waals surface area contributed by atoms with Gasteiger partial charge >= 0.3 is 0 Å². The minimum absolute atomic E-state index is 0.0825. The molecule has 1 N–H and O–H groups in total. The largest absolute Gasteiger partial charge is 0.377 e. The van der Waals surface area contributed by atoms with Crippen molar-refractivity contribution in [3.63, 3.8) is 0 Å². The fraction of sp³-hybridized carbons (Fsp3) is 0.692. The number of carbonyl (C=O) groups is 1. The van der Waals surface area contributed by atoms with Gasteiger partial charge in [0.15, 0.2) is 0 Å². The number of nitrogens with one attached hydrogen (secondary N) is 1. The molecular formula is C13H23N3O2. The van der Waals surface area contributed by atoms with Gasteiger partial charge in [0.05, 0.1) is 17.9 Å². The summed E-state index contributed by atoms with van der Waals surface area (Å²) in [5, 5.41) is 7.01. The van der Waals surface area contributed by atoms with Gasteiger partial charge in [-0.1, -0.05) is 6.92 Å². The highest BCUT2D eigenvalue weighted by molar-refractivity contribution is 5.93. The van der Waals surface area contributed by atoms with Gasteiger partial charge in [0.1, 0.15) is 0 Å². The molecule has 0 fully saturated rings. The molecule has 0 radical (unpaired) electrons. The zero-order valence-electron chi connectivity index (χ0n) is 11.6. The summed E-state index contributed by atoms with van der Waals surface area (Å²) in [6, 6.07) is 0.262. The number of rotatable bonds is 7. The van der Waals surface area contributed by atoms with Gasteiger partial charge in [0, 0.05) is 25.4 Å². The molecule has 1 aromatic rings. The Morgan fingerprint density at radius 1 is 1.50 bits per heavy atom. The molecule has 0 saturated carbocycles. The Balaban J connectivity index is 2.49. The Bertz CT molecular complexity index is 374. The summed E-state index contributed by atoms with van der Waals surface area (Å²) in [5.74, 6) is -0.0972. The lowest BCUT2D eigenvalue weighted by Gasteiger charge is -2.15. The molecule has 0 aliphatic rings. The van der Waals surface area contributed by atoms with E-state index in [1.165, 1.54) is 0 Å². The van der Waals surface area contributed by atoms with Gasteiger partial charge in [-0.05, 0) is 27.2 Å². The number of ether oxygens (including phenoxy) is 1. The third kappa shape index (κ3) is 4.14. The first-order valence-electron chi connectivity index (χ1n) is 6.52. The Hall–Kier alpha value is -1.36. The van der Waals surface area contributed by atoms with E-state index in [1.54, 1.807) is 17.1 Å². The van der Waals surface area contributed by atoms with Crippen LogP contribution in [0, 0.1) is 0 Å². The van der Waals surface area contributed by atoms with Crippen LogP contribution in [-0.4, -0.2) is 34.9 Å². The van der Waals surface area contributed by atoms with Crippen molar-refractivity contribution >= 4 is 5.91 Å². The Morgan fingerprint density at radius 2 is 2.22 bits per heavy atom. The van der Waals surface area contributed by atoms with E-state index in [-0.39, 0.29) is 18.1 Å². The van der Waals surface area contributed by atoms with Crippen LogP contribution in [0.25, 0.3) is 0 Å². The number of aromatic nitrogens is 2. The monoisotopic (exact) mass is 253 g/mol. The molecule has 1 rings (SSSR count). The summed E-state index contributed by atoms with van der Waals surface area (Å²) in [6.45, 7) is 9.25. The predicted octanol–water partition coefficient (Wildman–Crippen LogP) is 2.01. The number of nitrogens with zero attached hydrogens (tertiary/aromatic N) is 2. The molecule has 1 unspecified atom stereocenters. The van der Waals surface area contributed by atoms with E-state index in [9.17, 15) is 4.79 Å². The second-order valence-corrected chi connectivity index (χ2v) is 4.50. The van der Waals surface area contributed by atoms with Crippen LogP contribution in [0.4, 0.5) is 0 Å². The lowest BCUT2D eigenvalue weighted by atomic mass is 10.2. The molecule has 102 valence electrons. The van der Waals surface area contributed by atoms with E-state index in [1.807, 2.05) is 27.7 Å². The average Bonchev–Trinajstić information content (AvgIpc) is 2.83. The molecule has 1 atom stereocenters. The maximum absolute atomic E-state index is 11.9. The number of carbonyl (C=O) groups excluding carboxylic acids is 1.